The third-order valence-corrected chi connectivity index (χ3v) is 3.97. The molecule has 3 rings (SSSR count). The Morgan fingerprint density at radius 2 is 2.12 bits per heavy atom. The van der Waals surface area contributed by atoms with E-state index in [1.165, 1.54) is 0 Å². The van der Waals surface area contributed by atoms with E-state index in [1.807, 2.05) is 24.3 Å². The number of nitrogens with one attached hydrogen (secondary N) is 1. The van der Waals surface area contributed by atoms with E-state index in [9.17, 15) is 4.79 Å². The van der Waals surface area contributed by atoms with Gasteiger partial charge in [-0.05, 0) is 36.0 Å². The maximum Gasteiger partial charge on any atom is 0.264 e. The van der Waals surface area contributed by atoms with Crippen LogP contribution in [0.5, 0.6) is 5.75 Å². The summed E-state index contributed by atoms with van der Waals surface area (Å²) in [6.45, 7) is 4.31. The first-order chi connectivity index (χ1) is 11.5. The number of benzene rings is 1. The Morgan fingerprint density at radius 1 is 1.29 bits per heavy atom. The summed E-state index contributed by atoms with van der Waals surface area (Å²) < 4.78 is 5.19. The molecule has 1 N–H and O–H groups in total. The lowest BCUT2D eigenvalue weighted by atomic mass is 9.75. The van der Waals surface area contributed by atoms with Crippen LogP contribution in [0, 0.1) is 5.41 Å². The first-order valence-electron chi connectivity index (χ1n) is 7.80. The first-order valence-corrected chi connectivity index (χ1v) is 7.80. The van der Waals surface area contributed by atoms with Crippen molar-refractivity contribution in [3.8, 4) is 5.75 Å². The molecule has 1 aliphatic rings. The summed E-state index contributed by atoms with van der Waals surface area (Å²) in [5.74, 6) is 0.770. The smallest absolute Gasteiger partial charge is 0.264 e. The fourth-order valence-corrected chi connectivity index (χ4v) is 2.85. The van der Waals surface area contributed by atoms with Crippen molar-refractivity contribution in [1.29, 1.82) is 0 Å². The van der Waals surface area contributed by atoms with Gasteiger partial charge in [0, 0.05) is 11.6 Å². The number of rotatable bonds is 3. The second kappa shape index (κ2) is 6.39. The minimum Gasteiger partial charge on any atom is -0.497 e. The van der Waals surface area contributed by atoms with E-state index in [2.05, 4.69) is 34.2 Å². The zero-order valence-electron chi connectivity index (χ0n) is 14.0. The molecule has 1 aromatic carbocycles. The van der Waals surface area contributed by atoms with Gasteiger partial charge in [-0.15, -0.1) is 0 Å². The van der Waals surface area contributed by atoms with Gasteiger partial charge in [-0.2, -0.15) is 15.3 Å². The van der Waals surface area contributed by atoms with E-state index in [0.717, 1.165) is 41.1 Å². The molecule has 0 spiro atoms. The molecule has 2 aromatic rings. The van der Waals surface area contributed by atoms with Gasteiger partial charge < -0.3 is 4.74 Å². The average Bonchev–Trinajstić information content (AvgIpc) is 2.55. The van der Waals surface area contributed by atoms with Crippen LogP contribution in [-0.2, 0) is 6.42 Å². The molecule has 0 unspecified atom stereocenters. The molecule has 1 heterocycles. The van der Waals surface area contributed by atoms with E-state index in [-0.39, 0.29) is 11.0 Å². The molecule has 6 heteroatoms. The van der Waals surface area contributed by atoms with Crippen LogP contribution in [-0.4, -0.2) is 29.2 Å². The number of nitrogens with zero attached hydrogens (tertiary/aromatic N) is 3. The predicted octanol–water partition coefficient (Wildman–Crippen LogP) is 2.57. The fraction of sp³-hybridized carbons (Fsp3) is 0.333. The fourth-order valence-electron chi connectivity index (χ4n) is 2.85. The van der Waals surface area contributed by atoms with Gasteiger partial charge in [0.1, 0.15) is 5.75 Å². The summed E-state index contributed by atoms with van der Waals surface area (Å²) in [4.78, 5) is 11.6. The highest BCUT2D eigenvalue weighted by Gasteiger charge is 2.31. The lowest BCUT2D eigenvalue weighted by Gasteiger charge is -2.30. The van der Waals surface area contributed by atoms with Crippen LogP contribution in [0.15, 0.2) is 45.3 Å². The van der Waals surface area contributed by atoms with Crippen molar-refractivity contribution in [2.45, 2.75) is 26.7 Å². The number of hydrogen-bond acceptors (Lipinski definition) is 5. The van der Waals surface area contributed by atoms with E-state index in [0.29, 0.717) is 0 Å². The Bertz CT molecular complexity index is 865. The molecule has 0 saturated carbocycles. The lowest BCUT2D eigenvalue weighted by molar-refractivity contribution is 0.365. The molecule has 6 nitrogen and oxygen atoms in total. The maximum atomic E-state index is 11.6. The molecule has 0 radical (unpaired) electrons. The summed E-state index contributed by atoms with van der Waals surface area (Å²) >= 11 is 0. The van der Waals surface area contributed by atoms with Crippen LogP contribution >= 0.6 is 0 Å². The number of H-pyrrole nitrogens is 1. The molecule has 0 fully saturated rings. The van der Waals surface area contributed by atoms with Gasteiger partial charge in [-0.3, -0.25) is 4.79 Å². The summed E-state index contributed by atoms with van der Waals surface area (Å²) in [7, 11) is 1.63. The van der Waals surface area contributed by atoms with Crippen LogP contribution < -0.4 is 10.3 Å². The highest BCUT2D eigenvalue weighted by atomic mass is 16.5. The van der Waals surface area contributed by atoms with Crippen molar-refractivity contribution in [1.82, 2.24) is 10.2 Å². The van der Waals surface area contributed by atoms with Crippen molar-refractivity contribution < 1.29 is 4.74 Å². The summed E-state index contributed by atoms with van der Waals surface area (Å²) in [6, 6.07) is 9.14. The van der Waals surface area contributed by atoms with Gasteiger partial charge >= 0.3 is 0 Å². The van der Waals surface area contributed by atoms with Gasteiger partial charge in [0.25, 0.3) is 5.56 Å². The van der Waals surface area contributed by atoms with Crippen LogP contribution in [0.25, 0.3) is 0 Å². The largest absolute Gasteiger partial charge is 0.497 e. The minimum atomic E-state index is -0.224. The van der Waals surface area contributed by atoms with Crippen molar-refractivity contribution in [2.75, 3.05) is 7.11 Å². The summed E-state index contributed by atoms with van der Waals surface area (Å²) in [5, 5.41) is 15.2. The zero-order valence-corrected chi connectivity index (χ0v) is 14.0. The van der Waals surface area contributed by atoms with Crippen LogP contribution in [0.3, 0.4) is 0 Å². The molecule has 0 bridgehead atoms. The Morgan fingerprint density at radius 3 is 2.92 bits per heavy atom. The monoisotopic (exact) mass is 324 g/mol. The molecule has 0 aliphatic heterocycles. The summed E-state index contributed by atoms with van der Waals surface area (Å²) in [5.41, 5.74) is 3.15. The summed E-state index contributed by atoms with van der Waals surface area (Å²) in [6.07, 6.45) is 3.23. The molecular weight excluding hydrogens is 304 g/mol. The number of methoxy groups -OCH3 is 1. The Balaban J connectivity index is 1.93. The van der Waals surface area contributed by atoms with Gasteiger partial charge in [0.15, 0.2) is 0 Å². The third-order valence-electron chi connectivity index (χ3n) is 3.97. The van der Waals surface area contributed by atoms with Gasteiger partial charge in [-0.1, -0.05) is 26.0 Å². The zero-order chi connectivity index (χ0) is 17.2. The average molecular weight is 324 g/mol. The van der Waals surface area contributed by atoms with E-state index in [4.69, 9.17) is 4.74 Å². The maximum absolute atomic E-state index is 11.6. The van der Waals surface area contributed by atoms with Gasteiger partial charge in [0.05, 0.1) is 24.7 Å². The van der Waals surface area contributed by atoms with Crippen LogP contribution in [0.4, 0.5) is 0 Å². The molecule has 124 valence electrons. The number of hydrogen-bond donors (Lipinski definition) is 1. The molecule has 0 saturated heterocycles. The number of fused-ring (bicyclic) bond motifs is 1. The van der Waals surface area contributed by atoms with Gasteiger partial charge in [-0.25, -0.2) is 5.10 Å². The first kappa shape index (κ1) is 16.1. The second-order valence-electron chi connectivity index (χ2n) is 6.68. The molecule has 1 aliphatic carbocycles. The minimum absolute atomic E-state index is 0.0303. The predicted molar refractivity (Wildman–Crippen MR) is 94.1 cm³/mol. The van der Waals surface area contributed by atoms with Crippen molar-refractivity contribution in [2.24, 2.45) is 15.6 Å². The number of aromatic amines is 1. The number of ether oxygens (including phenoxy) is 1. The van der Waals surface area contributed by atoms with Crippen molar-refractivity contribution in [3.63, 3.8) is 0 Å². The molecular formula is C18H20N4O2. The van der Waals surface area contributed by atoms with Crippen molar-refractivity contribution in [3.05, 3.63) is 57.5 Å². The highest BCUT2D eigenvalue weighted by Crippen LogP contribution is 2.33. The second-order valence-corrected chi connectivity index (χ2v) is 6.68. The SMILES string of the molecule is COc1cccc(C=NN=C2CC(C)(C)Cc3n[nH]c(=O)cc32)c1. The topological polar surface area (TPSA) is 79.7 Å². The Labute approximate surface area is 140 Å². The Hall–Kier alpha value is -2.76. The van der Waals surface area contributed by atoms with Crippen molar-refractivity contribution >= 4 is 11.9 Å². The normalized spacial score (nSPS) is 17.9. The highest BCUT2D eigenvalue weighted by molar-refractivity contribution is 6.03. The van der Waals surface area contributed by atoms with Crippen LogP contribution in [0.1, 0.15) is 37.1 Å². The lowest BCUT2D eigenvalue weighted by Crippen LogP contribution is -2.30. The van der Waals surface area contributed by atoms with E-state index >= 15 is 0 Å². The molecule has 24 heavy (non-hydrogen) atoms. The molecule has 0 atom stereocenters. The Kier molecular flexibility index (Phi) is 4.29. The quantitative estimate of drug-likeness (QED) is 0.696. The van der Waals surface area contributed by atoms with Gasteiger partial charge in [0.2, 0.25) is 0 Å². The van der Waals surface area contributed by atoms with E-state index < -0.39 is 0 Å². The number of aromatic nitrogens is 2. The van der Waals surface area contributed by atoms with E-state index in [1.54, 1.807) is 19.4 Å². The molecule has 1 aromatic heterocycles. The third kappa shape index (κ3) is 3.59. The molecule has 0 amide bonds. The standard InChI is InChI=1S/C18H20N4O2/c1-18(2)9-15(14-8-17(23)22-21-16(14)10-18)20-19-11-12-5-4-6-13(7-12)24-3/h4-8,11H,9-10H2,1-3H3,(H,22,23). The van der Waals surface area contributed by atoms with Crippen LogP contribution in [0.2, 0.25) is 0 Å².